The topological polar surface area (TPSA) is 29.4 Å². The summed E-state index contributed by atoms with van der Waals surface area (Å²) in [4.78, 5) is 15.6. The summed E-state index contributed by atoms with van der Waals surface area (Å²) in [5, 5.41) is 2.24. The van der Waals surface area contributed by atoms with Crippen LogP contribution in [0.2, 0.25) is 0 Å². The van der Waals surface area contributed by atoms with Gasteiger partial charge in [-0.05, 0) is 43.3 Å². The molecule has 1 fully saturated rings. The molecular weight excluding hydrogens is 266 g/mol. The summed E-state index contributed by atoms with van der Waals surface area (Å²) in [5.74, 6) is 0.0229. The number of aliphatic imine (C=N–C) groups is 1. The molecule has 1 unspecified atom stereocenters. The number of hydrogen-bond acceptors (Lipinski definition) is 2. The molecule has 0 aromatic carbocycles. The van der Waals surface area contributed by atoms with Crippen LogP contribution < -0.4 is 0 Å². The summed E-state index contributed by atoms with van der Waals surface area (Å²) >= 11 is 4.56. The predicted molar refractivity (Wildman–Crippen MR) is 88.1 cm³/mol. The zero-order chi connectivity index (χ0) is 14.8. The third-order valence-electron chi connectivity index (χ3n) is 4.57. The van der Waals surface area contributed by atoms with Crippen molar-refractivity contribution in [3.63, 3.8) is 0 Å². The van der Waals surface area contributed by atoms with Gasteiger partial charge in [-0.15, -0.1) is 0 Å². The van der Waals surface area contributed by atoms with Crippen LogP contribution in [0.5, 0.6) is 0 Å². The smallest absolute Gasteiger partial charge is 0.257 e. The maximum atomic E-state index is 11.9. The molecule has 20 heavy (non-hydrogen) atoms. The predicted octanol–water partition coefficient (Wildman–Crippen LogP) is 5.56. The van der Waals surface area contributed by atoms with Gasteiger partial charge in [-0.2, -0.15) is 4.99 Å². The van der Waals surface area contributed by atoms with Crippen LogP contribution in [0.1, 0.15) is 84.5 Å². The van der Waals surface area contributed by atoms with Crippen molar-refractivity contribution in [2.75, 3.05) is 0 Å². The monoisotopic (exact) mass is 295 g/mol. The summed E-state index contributed by atoms with van der Waals surface area (Å²) in [6, 6.07) is 0. The van der Waals surface area contributed by atoms with E-state index < -0.39 is 0 Å². The number of thiocarbonyl (C=S) groups is 1. The van der Waals surface area contributed by atoms with E-state index in [9.17, 15) is 4.79 Å². The van der Waals surface area contributed by atoms with E-state index in [0.29, 0.717) is 5.41 Å². The van der Waals surface area contributed by atoms with Crippen LogP contribution in [-0.2, 0) is 4.79 Å². The average Bonchev–Trinajstić information content (AvgIpc) is 2.40. The van der Waals surface area contributed by atoms with Crippen molar-refractivity contribution in [1.82, 2.24) is 0 Å². The van der Waals surface area contributed by atoms with E-state index in [2.05, 4.69) is 36.2 Å². The largest absolute Gasteiger partial charge is 0.272 e. The number of isothiocyanates is 1. The summed E-state index contributed by atoms with van der Waals surface area (Å²) in [6.07, 6.45) is 13.3. The number of hydrogen-bond donors (Lipinski definition) is 0. The van der Waals surface area contributed by atoms with Gasteiger partial charge < -0.3 is 0 Å². The molecule has 2 nitrogen and oxygen atoms in total. The van der Waals surface area contributed by atoms with Crippen molar-refractivity contribution >= 4 is 23.3 Å². The molecule has 3 heteroatoms. The van der Waals surface area contributed by atoms with Gasteiger partial charge in [0.1, 0.15) is 0 Å². The fourth-order valence-corrected chi connectivity index (χ4v) is 3.27. The summed E-state index contributed by atoms with van der Waals surface area (Å²) in [6.45, 7) is 4.72. The van der Waals surface area contributed by atoms with Crippen molar-refractivity contribution in [2.24, 2.45) is 16.3 Å². The maximum Gasteiger partial charge on any atom is 0.257 e. The second kappa shape index (κ2) is 9.41. The van der Waals surface area contributed by atoms with Crippen molar-refractivity contribution in [3.05, 3.63) is 0 Å². The Morgan fingerprint density at radius 3 is 2.25 bits per heavy atom. The quantitative estimate of drug-likeness (QED) is 0.468. The van der Waals surface area contributed by atoms with E-state index >= 15 is 0 Å². The normalized spacial score (nSPS) is 25.4. The third-order valence-corrected chi connectivity index (χ3v) is 4.66. The number of amides is 1. The Morgan fingerprint density at radius 1 is 1.00 bits per heavy atom. The van der Waals surface area contributed by atoms with E-state index in [0.717, 1.165) is 25.7 Å². The highest BCUT2D eigenvalue weighted by Gasteiger charge is 2.21. The fourth-order valence-electron chi connectivity index (χ4n) is 3.18. The van der Waals surface area contributed by atoms with Gasteiger partial charge in [-0.3, -0.25) is 4.79 Å². The van der Waals surface area contributed by atoms with Crippen LogP contribution in [0.15, 0.2) is 4.99 Å². The van der Waals surface area contributed by atoms with Gasteiger partial charge in [0.25, 0.3) is 5.91 Å². The lowest BCUT2D eigenvalue weighted by molar-refractivity contribution is -0.122. The number of rotatable bonds is 1. The van der Waals surface area contributed by atoms with Gasteiger partial charge in [-0.1, -0.05) is 58.8 Å². The summed E-state index contributed by atoms with van der Waals surface area (Å²) in [7, 11) is 0. The lowest BCUT2D eigenvalue weighted by Crippen LogP contribution is -2.15. The van der Waals surface area contributed by atoms with Crippen LogP contribution >= 0.6 is 12.2 Å². The number of nitrogens with zero attached hydrogens (tertiary/aromatic N) is 1. The highest BCUT2D eigenvalue weighted by Crippen LogP contribution is 2.32. The summed E-state index contributed by atoms with van der Waals surface area (Å²) in [5.41, 5.74) is 0.412. The molecule has 1 aliphatic carbocycles. The minimum Gasteiger partial charge on any atom is -0.272 e. The van der Waals surface area contributed by atoms with E-state index in [1.54, 1.807) is 0 Å². The molecule has 0 bridgehead atoms. The Hall–Kier alpha value is -0.530. The molecule has 0 aliphatic heterocycles. The molecule has 1 saturated carbocycles. The molecule has 0 aromatic rings. The van der Waals surface area contributed by atoms with Gasteiger partial charge in [0.15, 0.2) is 0 Å². The second-order valence-electron chi connectivity index (χ2n) is 6.95. The Kier molecular flexibility index (Phi) is 8.25. The first-order chi connectivity index (χ1) is 9.55. The first-order valence-electron chi connectivity index (χ1n) is 8.17. The van der Waals surface area contributed by atoms with Gasteiger partial charge in [-0.25, -0.2) is 0 Å². The zero-order valence-corrected chi connectivity index (χ0v) is 13.9. The lowest BCUT2D eigenvalue weighted by Gasteiger charge is -2.25. The van der Waals surface area contributed by atoms with Crippen LogP contribution in [-0.4, -0.2) is 11.1 Å². The fraction of sp³-hybridized carbons (Fsp3) is 0.882. The van der Waals surface area contributed by atoms with Crippen LogP contribution in [0, 0.1) is 11.3 Å². The minimum absolute atomic E-state index is 0.0484. The van der Waals surface area contributed by atoms with Gasteiger partial charge >= 0.3 is 0 Å². The number of carbonyl (C=O) groups is 1. The van der Waals surface area contributed by atoms with Crippen LogP contribution in [0.25, 0.3) is 0 Å². The SMILES string of the molecule is CC1(C)CCCCCCCCC(C(=O)N=C=S)CCC1. The second-order valence-corrected chi connectivity index (χ2v) is 7.14. The van der Waals surface area contributed by atoms with E-state index in [4.69, 9.17) is 0 Å². The molecule has 1 aliphatic rings. The highest BCUT2D eigenvalue weighted by molar-refractivity contribution is 7.78. The van der Waals surface area contributed by atoms with E-state index in [1.165, 1.54) is 44.9 Å². The maximum absolute atomic E-state index is 11.9. The van der Waals surface area contributed by atoms with Crippen LogP contribution in [0.3, 0.4) is 0 Å². The van der Waals surface area contributed by atoms with Crippen molar-refractivity contribution in [2.45, 2.75) is 84.5 Å². The van der Waals surface area contributed by atoms with Crippen molar-refractivity contribution in [1.29, 1.82) is 0 Å². The summed E-state index contributed by atoms with van der Waals surface area (Å²) < 4.78 is 0. The third kappa shape index (κ3) is 7.31. The van der Waals surface area contributed by atoms with Crippen molar-refractivity contribution in [3.8, 4) is 0 Å². The van der Waals surface area contributed by atoms with E-state index in [1.807, 2.05) is 0 Å². The Morgan fingerprint density at radius 2 is 1.55 bits per heavy atom. The Balaban J connectivity index is 2.58. The average molecular weight is 295 g/mol. The van der Waals surface area contributed by atoms with Gasteiger partial charge in [0.2, 0.25) is 0 Å². The Labute approximate surface area is 129 Å². The zero-order valence-electron chi connectivity index (χ0n) is 13.1. The highest BCUT2D eigenvalue weighted by atomic mass is 32.1. The molecule has 0 saturated heterocycles. The standard InChI is InChI=1S/C17H29NOS/c1-17(2)12-8-6-4-3-5-7-10-15(11-9-13-17)16(19)18-14-20/h15H,3-13H2,1-2H3. The molecule has 0 spiro atoms. The molecule has 0 aromatic heterocycles. The lowest BCUT2D eigenvalue weighted by atomic mass is 9.81. The molecule has 0 radical (unpaired) electrons. The first-order valence-corrected chi connectivity index (χ1v) is 8.58. The molecule has 114 valence electrons. The molecule has 0 N–H and O–H groups in total. The van der Waals surface area contributed by atoms with Gasteiger partial charge in [0, 0.05) is 5.92 Å². The van der Waals surface area contributed by atoms with Crippen molar-refractivity contribution < 1.29 is 4.79 Å². The molecule has 1 rings (SSSR count). The van der Waals surface area contributed by atoms with E-state index in [-0.39, 0.29) is 11.8 Å². The molecule has 0 heterocycles. The molecule has 1 atom stereocenters. The molecular formula is C17H29NOS. The number of carbonyl (C=O) groups excluding carboxylic acids is 1. The Bertz CT molecular complexity index is 345. The minimum atomic E-state index is -0.0484. The first kappa shape index (κ1) is 17.5. The molecule has 1 amide bonds. The van der Waals surface area contributed by atoms with Gasteiger partial charge in [0.05, 0.1) is 5.16 Å². The van der Waals surface area contributed by atoms with Crippen LogP contribution in [0.4, 0.5) is 0 Å².